The number of nitrogens with one attached hydrogen (secondary N) is 1. The lowest BCUT2D eigenvalue weighted by atomic mass is 10.1. The highest BCUT2D eigenvalue weighted by Crippen LogP contribution is 2.33. The molecule has 17 heavy (non-hydrogen) atoms. The van der Waals surface area contributed by atoms with Crippen LogP contribution >= 0.6 is 0 Å². The van der Waals surface area contributed by atoms with E-state index in [-0.39, 0.29) is 12.1 Å². The molecule has 5 heteroatoms. The van der Waals surface area contributed by atoms with Crippen LogP contribution in [0.4, 0.5) is 13.2 Å². The Hall–Kier alpha value is -1.67. The Morgan fingerprint density at radius 2 is 1.94 bits per heavy atom. The maximum Gasteiger partial charge on any atom is 0.407 e. The van der Waals surface area contributed by atoms with Crippen molar-refractivity contribution in [2.24, 2.45) is 0 Å². The maximum atomic E-state index is 12.7. The summed E-state index contributed by atoms with van der Waals surface area (Å²) in [4.78, 5) is 0. The van der Waals surface area contributed by atoms with Crippen molar-refractivity contribution < 1.29 is 17.9 Å². The molecular formula is C12H12F3NO. The molecule has 1 atom stereocenters. The number of terminal acetylenes is 1. The summed E-state index contributed by atoms with van der Waals surface area (Å²) >= 11 is 0. The third-order valence-corrected chi connectivity index (χ3v) is 2.18. The molecule has 0 amide bonds. The zero-order valence-corrected chi connectivity index (χ0v) is 9.21. The number of alkyl halides is 3. The molecule has 0 bridgehead atoms. The lowest BCUT2D eigenvalue weighted by Crippen LogP contribution is -2.34. The van der Waals surface area contributed by atoms with Crippen LogP contribution in [-0.4, -0.2) is 19.8 Å². The molecule has 0 fully saturated rings. The van der Waals surface area contributed by atoms with Crippen LogP contribution < -0.4 is 10.1 Å². The van der Waals surface area contributed by atoms with Crippen LogP contribution in [0, 0.1) is 12.3 Å². The largest absolute Gasteiger partial charge is 0.497 e. The van der Waals surface area contributed by atoms with E-state index in [1.807, 2.05) is 0 Å². The molecule has 0 saturated carbocycles. The molecule has 0 saturated heterocycles. The van der Waals surface area contributed by atoms with Crippen LogP contribution in [0.1, 0.15) is 11.6 Å². The zero-order valence-electron chi connectivity index (χ0n) is 9.21. The van der Waals surface area contributed by atoms with Crippen LogP contribution in [0.3, 0.4) is 0 Å². The van der Waals surface area contributed by atoms with Gasteiger partial charge in [0.1, 0.15) is 11.8 Å². The van der Waals surface area contributed by atoms with E-state index in [0.717, 1.165) is 0 Å². The molecule has 1 aromatic rings. The first kappa shape index (κ1) is 13.4. The van der Waals surface area contributed by atoms with Crippen molar-refractivity contribution >= 4 is 0 Å². The summed E-state index contributed by atoms with van der Waals surface area (Å²) in [7, 11) is 1.45. The standard InChI is InChI=1S/C12H12F3NO/c1-3-8-16-11(12(13,14)15)9-4-6-10(17-2)7-5-9/h1,4-7,11,16H,8H2,2H3. The van der Waals surface area contributed by atoms with Gasteiger partial charge in [-0.05, 0) is 17.7 Å². The van der Waals surface area contributed by atoms with Crippen molar-refractivity contribution in [3.8, 4) is 18.1 Å². The zero-order chi connectivity index (χ0) is 12.9. The second-order valence-corrected chi connectivity index (χ2v) is 3.33. The molecule has 1 unspecified atom stereocenters. The van der Waals surface area contributed by atoms with Crippen molar-refractivity contribution in [2.45, 2.75) is 12.2 Å². The highest BCUT2D eigenvalue weighted by atomic mass is 19.4. The summed E-state index contributed by atoms with van der Waals surface area (Å²) in [5.41, 5.74) is 0.105. The Morgan fingerprint density at radius 3 is 2.35 bits per heavy atom. The molecule has 0 aliphatic carbocycles. The number of hydrogen-bond acceptors (Lipinski definition) is 2. The van der Waals surface area contributed by atoms with Gasteiger partial charge < -0.3 is 4.74 Å². The minimum Gasteiger partial charge on any atom is -0.497 e. The summed E-state index contributed by atoms with van der Waals surface area (Å²) in [5, 5.41) is 2.26. The van der Waals surface area contributed by atoms with E-state index in [1.165, 1.54) is 31.4 Å². The molecule has 0 heterocycles. The Labute approximate surface area is 97.8 Å². The molecule has 0 aliphatic heterocycles. The SMILES string of the molecule is C#CCNC(c1ccc(OC)cc1)C(F)(F)F. The van der Waals surface area contributed by atoms with Gasteiger partial charge in [-0.15, -0.1) is 6.42 Å². The van der Waals surface area contributed by atoms with Gasteiger partial charge in [-0.3, -0.25) is 5.32 Å². The number of rotatable bonds is 4. The van der Waals surface area contributed by atoms with E-state index >= 15 is 0 Å². The smallest absolute Gasteiger partial charge is 0.407 e. The van der Waals surface area contributed by atoms with Crippen LogP contribution in [0.2, 0.25) is 0 Å². The molecule has 0 aromatic heterocycles. The summed E-state index contributed by atoms with van der Waals surface area (Å²) < 4.78 is 43.1. The number of benzene rings is 1. The summed E-state index contributed by atoms with van der Waals surface area (Å²) in [5.74, 6) is 2.63. The minimum absolute atomic E-state index is 0.105. The number of methoxy groups -OCH3 is 1. The average molecular weight is 243 g/mol. The van der Waals surface area contributed by atoms with Gasteiger partial charge in [0.05, 0.1) is 13.7 Å². The maximum absolute atomic E-state index is 12.7. The van der Waals surface area contributed by atoms with Gasteiger partial charge in [-0.25, -0.2) is 0 Å². The second kappa shape index (κ2) is 5.60. The third-order valence-electron chi connectivity index (χ3n) is 2.18. The van der Waals surface area contributed by atoms with E-state index < -0.39 is 12.2 Å². The Bertz CT molecular complexity index is 392. The Balaban J connectivity index is 2.92. The quantitative estimate of drug-likeness (QED) is 0.820. The van der Waals surface area contributed by atoms with E-state index in [2.05, 4.69) is 11.2 Å². The normalized spacial score (nSPS) is 12.9. The highest BCUT2D eigenvalue weighted by Gasteiger charge is 2.40. The van der Waals surface area contributed by atoms with Gasteiger partial charge in [-0.1, -0.05) is 18.1 Å². The Kier molecular flexibility index (Phi) is 4.41. The molecule has 0 spiro atoms. The molecule has 0 aliphatic rings. The van der Waals surface area contributed by atoms with Gasteiger partial charge >= 0.3 is 6.18 Å². The Morgan fingerprint density at radius 1 is 1.35 bits per heavy atom. The summed E-state index contributed by atoms with van der Waals surface area (Å²) in [6, 6.07) is 3.92. The van der Waals surface area contributed by atoms with Gasteiger partial charge in [0, 0.05) is 0 Å². The molecule has 1 rings (SSSR count). The first-order chi connectivity index (χ1) is 7.99. The summed E-state index contributed by atoms with van der Waals surface area (Å²) in [6.45, 7) is -0.143. The third kappa shape index (κ3) is 3.68. The number of ether oxygens (including phenoxy) is 1. The summed E-state index contributed by atoms with van der Waals surface area (Å²) in [6.07, 6.45) is 0.560. The highest BCUT2D eigenvalue weighted by molar-refractivity contribution is 5.30. The van der Waals surface area contributed by atoms with Crippen molar-refractivity contribution in [1.82, 2.24) is 5.32 Å². The van der Waals surface area contributed by atoms with E-state index in [1.54, 1.807) is 0 Å². The molecule has 2 nitrogen and oxygen atoms in total. The molecule has 92 valence electrons. The molecular weight excluding hydrogens is 231 g/mol. The fourth-order valence-electron chi connectivity index (χ4n) is 1.38. The van der Waals surface area contributed by atoms with Gasteiger partial charge in [0.15, 0.2) is 0 Å². The van der Waals surface area contributed by atoms with Crippen LogP contribution in [0.25, 0.3) is 0 Å². The van der Waals surface area contributed by atoms with Crippen molar-refractivity contribution in [3.05, 3.63) is 29.8 Å². The van der Waals surface area contributed by atoms with E-state index in [9.17, 15) is 13.2 Å². The second-order valence-electron chi connectivity index (χ2n) is 3.33. The number of halogens is 3. The predicted octanol–water partition coefficient (Wildman–Crippen LogP) is 2.52. The first-order valence-electron chi connectivity index (χ1n) is 4.86. The fraction of sp³-hybridized carbons (Fsp3) is 0.333. The van der Waals surface area contributed by atoms with Gasteiger partial charge in [-0.2, -0.15) is 13.2 Å². The first-order valence-corrected chi connectivity index (χ1v) is 4.86. The minimum atomic E-state index is -4.38. The van der Waals surface area contributed by atoms with Crippen molar-refractivity contribution in [1.29, 1.82) is 0 Å². The fourth-order valence-corrected chi connectivity index (χ4v) is 1.38. The topological polar surface area (TPSA) is 21.3 Å². The predicted molar refractivity (Wildman–Crippen MR) is 58.6 cm³/mol. The van der Waals surface area contributed by atoms with E-state index in [0.29, 0.717) is 5.75 Å². The van der Waals surface area contributed by atoms with Crippen molar-refractivity contribution in [3.63, 3.8) is 0 Å². The van der Waals surface area contributed by atoms with Crippen LogP contribution in [0.5, 0.6) is 5.75 Å². The average Bonchev–Trinajstić information content (AvgIpc) is 2.29. The van der Waals surface area contributed by atoms with Crippen LogP contribution in [-0.2, 0) is 0 Å². The van der Waals surface area contributed by atoms with Gasteiger partial charge in [0.2, 0.25) is 0 Å². The van der Waals surface area contributed by atoms with E-state index in [4.69, 9.17) is 11.2 Å². The molecule has 1 aromatic carbocycles. The molecule has 0 radical (unpaired) electrons. The lowest BCUT2D eigenvalue weighted by molar-refractivity contribution is -0.157. The van der Waals surface area contributed by atoms with Gasteiger partial charge in [0.25, 0.3) is 0 Å². The molecule has 1 N–H and O–H groups in total. The lowest BCUT2D eigenvalue weighted by Gasteiger charge is -2.21. The monoisotopic (exact) mass is 243 g/mol. The van der Waals surface area contributed by atoms with Crippen LogP contribution in [0.15, 0.2) is 24.3 Å². The van der Waals surface area contributed by atoms with Crippen molar-refractivity contribution in [2.75, 3.05) is 13.7 Å². The number of hydrogen-bond donors (Lipinski definition) is 1.